The van der Waals surface area contributed by atoms with Gasteiger partial charge < -0.3 is 4.52 Å². The third-order valence-electron chi connectivity index (χ3n) is 3.69. The van der Waals surface area contributed by atoms with Crippen molar-refractivity contribution >= 4 is 7.37 Å². The number of allylic oxidation sites excluding steroid dienone is 2. The highest BCUT2D eigenvalue weighted by molar-refractivity contribution is 7.59. The van der Waals surface area contributed by atoms with Crippen LogP contribution in [0.4, 0.5) is 4.39 Å². The molecule has 1 heterocycles. The summed E-state index contributed by atoms with van der Waals surface area (Å²) in [7, 11) is -3.09. The van der Waals surface area contributed by atoms with Crippen molar-refractivity contribution in [2.75, 3.05) is 12.8 Å². The van der Waals surface area contributed by atoms with E-state index in [1.165, 1.54) is 12.1 Å². The zero-order valence-corrected chi connectivity index (χ0v) is 14.9. The summed E-state index contributed by atoms with van der Waals surface area (Å²) in [4.78, 5) is 4.41. The lowest BCUT2D eigenvalue weighted by Gasteiger charge is -2.23. The van der Waals surface area contributed by atoms with Gasteiger partial charge in [0.2, 0.25) is 7.37 Å². The van der Waals surface area contributed by atoms with E-state index in [9.17, 15) is 8.96 Å². The van der Waals surface area contributed by atoms with Gasteiger partial charge in [0, 0.05) is 17.9 Å². The van der Waals surface area contributed by atoms with Crippen LogP contribution in [-0.4, -0.2) is 17.8 Å². The molecule has 0 amide bonds. The number of benzene rings is 1. The Kier molecular flexibility index (Phi) is 6.63. The molecule has 0 spiro atoms. The van der Waals surface area contributed by atoms with Crippen molar-refractivity contribution in [2.45, 2.75) is 5.66 Å². The van der Waals surface area contributed by atoms with Crippen LogP contribution in [0.15, 0.2) is 80.6 Å². The molecule has 0 fully saturated rings. The summed E-state index contributed by atoms with van der Waals surface area (Å²) in [6, 6.07) is 9.87. The van der Waals surface area contributed by atoms with Crippen LogP contribution in [0.5, 0.6) is 0 Å². The first-order valence-corrected chi connectivity index (χ1v) is 9.71. The summed E-state index contributed by atoms with van der Waals surface area (Å²) in [6.45, 7) is 11.2. The zero-order chi connectivity index (χ0) is 18.3. The molecule has 0 aliphatic carbocycles. The summed E-state index contributed by atoms with van der Waals surface area (Å²) in [5, 5.41) is 0. The fourth-order valence-corrected chi connectivity index (χ4v) is 4.60. The van der Waals surface area contributed by atoms with Gasteiger partial charge in [-0.15, -0.1) is 19.7 Å². The molecule has 130 valence electrons. The normalized spacial score (nSPS) is 14.3. The van der Waals surface area contributed by atoms with E-state index in [1.54, 1.807) is 42.6 Å². The van der Waals surface area contributed by atoms with Gasteiger partial charge in [-0.2, -0.15) is 0 Å². The average molecular weight is 357 g/mol. The lowest BCUT2D eigenvalue weighted by atomic mass is 10.1. The van der Waals surface area contributed by atoms with Crippen LogP contribution < -0.4 is 0 Å². The summed E-state index contributed by atoms with van der Waals surface area (Å²) in [6.07, 6.45) is 6.55. The number of aromatic nitrogens is 1. The summed E-state index contributed by atoms with van der Waals surface area (Å²) in [5.41, 5.74) is 1.54. The predicted molar refractivity (Wildman–Crippen MR) is 101 cm³/mol. The van der Waals surface area contributed by atoms with Crippen LogP contribution in [0.3, 0.4) is 0 Å². The Morgan fingerprint density at radius 3 is 2.52 bits per heavy atom. The highest BCUT2D eigenvalue weighted by Gasteiger charge is 2.33. The van der Waals surface area contributed by atoms with Gasteiger partial charge in [-0.1, -0.05) is 36.4 Å². The molecule has 2 unspecified atom stereocenters. The van der Waals surface area contributed by atoms with Gasteiger partial charge in [0.05, 0.1) is 18.0 Å². The molecule has 3 nitrogen and oxygen atoms in total. The molecule has 1 aromatic carbocycles. The Hall–Kier alpha value is -2.29. The molecule has 0 N–H and O–H groups in total. The second-order valence-electron chi connectivity index (χ2n) is 5.44. The highest BCUT2D eigenvalue weighted by atomic mass is 31.2. The minimum Gasteiger partial charge on any atom is -0.323 e. The molecule has 2 aromatic rings. The first-order valence-electron chi connectivity index (χ1n) is 7.83. The molecule has 0 bridgehead atoms. The number of hydrogen-bond donors (Lipinski definition) is 0. The largest absolute Gasteiger partial charge is 0.323 e. The lowest BCUT2D eigenvalue weighted by molar-refractivity contribution is 0.350. The second-order valence-corrected chi connectivity index (χ2v) is 8.08. The molecule has 2 atom stereocenters. The van der Waals surface area contributed by atoms with Crippen molar-refractivity contribution in [1.82, 2.24) is 4.98 Å². The van der Waals surface area contributed by atoms with E-state index in [4.69, 9.17) is 4.52 Å². The fourth-order valence-electron chi connectivity index (χ4n) is 2.51. The minimum atomic E-state index is -3.09. The minimum absolute atomic E-state index is 0.177. The summed E-state index contributed by atoms with van der Waals surface area (Å²) >= 11 is 0. The fraction of sp³-hybridized carbons (Fsp3) is 0.150. The molecule has 0 radical (unpaired) electrons. The number of pyridine rings is 1. The molecule has 0 aliphatic rings. The number of rotatable bonds is 9. The van der Waals surface area contributed by atoms with Gasteiger partial charge in [0.15, 0.2) is 0 Å². The van der Waals surface area contributed by atoms with Crippen LogP contribution in [0.25, 0.3) is 11.1 Å². The van der Waals surface area contributed by atoms with E-state index in [1.807, 2.05) is 6.07 Å². The number of halogens is 1. The predicted octanol–water partition coefficient (Wildman–Crippen LogP) is 5.78. The van der Waals surface area contributed by atoms with E-state index >= 15 is 0 Å². The molecule has 2 rings (SSSR count). The Morgan fingerprint density at radius 1 is 1.16 bits per heavy atom. The molecular formula is C20H21FNO2P. The average Bonchev–Trinajstić information content (AvgIpc) is 2.61. The van der Waals surface area contributed by atoms with Crippen molar-refractivity contribution in [3.05, 3.63) is 92.1 Å². The molecule has 0 saturated carbocycles. The van der Waals surface area contributed by atoms with E-state index in [0.717, 1.165) is 11.1 Å². The standard InChI is InChI=1S/C20H21FNO2P/c1-4-12-24-25(23,13-5-2)20(6-3)19-11-10-17(15-22-19)16-8-7-9-18(21)14-16/h4-11,14-15,20H,1-3,12-13H2. The number of nitrogens with zero attached hydrogens (tertiary/aromatic N) is 1. The maximum Gasteiger partial charge on any atom is 0.219 e. The van der Waals surface area contributed by atoms with Gasteiger partial charge in [-0.05, 0) is 23.8 Å². The molecule has 25 heavy (non-hydrogen) atoms. The Morgan fingerprint density at radius 2 is 1.96 bits per heavy atom. The third kappa shape index (κ3) is 4.62. The van der Waals surface area contributed by atoms with Crippen LogP contribution in [-0.2, 0) is 9.09 Å². The van der Waals surface area contributed by atoms with Gasteiger partial charge in [0.25, 0.3) is 0 Å². The SMILES string of the molecule is C=CCOP(=O)(CC=C)C(C=C)c1ccc(-c2cccc(F)c2)cn1. The molecule has 0 saturated heterocycles. The van der Waals surface area contributed by atoms with Crippen LogP contribution in [0, 0.1) is 5.82 Å². The monoisotopic (exact) mass is 357 g/mol. The van der Waals surface area contributed by atoms with Gasteiger partial charge in [-0.25, -0.2) is 4.39 Å². The summed E-state index contributed by atoms with van der Waals surface area (Å²) < 4.78 is 32.1. The molecular weight excluding hydrogens is 336 g/mol. The zero-order valence-electron chi connectivity index (χ0n) is 14.0. The van der Waals surface area contributed by atoms with Crippen LogP contribution >= 0.6 is 7.37 Å². The van der Waals surface area contributed by atoms with Gasteiger partial charge in [0.1, 0.15) is 5.82 Å². The first kappa shape index (κ1) is 19.0. The van der Waals surface area contributed by atoms with Crippen LogP contribution in [0.1, 0.15) is 11.4 Å². The molecule has 5 heteroatoms. The molecule has 1 aromatic heterocycles. The summed E-state index contributed by atoms with van der Waals surface area (Å²) in [5.74, 6) is -0.307. The smallest absolute Gasteiger partial charge is 0.219 e. The van der Waals surface area contributed by atoms with Gasteiger partial charge >= 0.3 is 0 Å². The van der Waals surface area contributed by atoms with Crippen molar-refractivity contribution in [3.63, 3.8) is 0 Å². The Balaban J connectivity index is 2.34. The topological polar surface area (TPSA) is 39.2 Å². The highest BCUT2D eigenvalue weighted by Crippen LogP contribution is 2.60. The number of hydrogen-bond acceptors (Lipinski definition) is 3. The Bertz CT molecular complexity index is 802. The van der Waals surface area contributed by atoms with E-state index in [-0.39, 0.29) is 18.6 Å². The van der Waals surface area contributed by atoms with Crippen molar-refractivity contribution in [1.29, 1.82) is 0 Å². The quantitative estimate of drug-likeness (QED) is 0.422. The van der Waals surface area contributed by atoms with Crippen molar-refractivity contribution in [3.8, 4) is 11.1 Å². The van der Waals surface area contributed by atoms with E-state index in [0.29, 0.717) is 5.69 Å². The van der Waals surface area contributed by atoms with Crippen LogP contribution in [0.2, 0.25) is 0 Å². The third-order valence-corrected chi connectivity index (χ3v) is 6.37. The molecule has 0 aliphatic heterocycles. The van der Waals surface area contributed by atoms with Crippen molar-refractivity contribution < 1.29 is 13.5 Å². The van der Waals surface area contributed by atoms with E-state index in [2.05, 4.69) is 24.7 Å². The first-order chi connectivity index (χ1) is 12.0. The lowest BCUT2D eigenvalue weighted by Crippen LogP contribution is -2.06. The second kappa shape index (κ2) is 8.70. The van der Waals surface area contributed by atoms with E-state index < -0.39 is 13.0 Å². The Labute approximate surface area is 148 Å². The maximum absolute atomic E-state index is 13.4. The maximum atomic E-state index is 13.4. The van der Waals surface area contributed by atoms with Gasteiger partial charge in [-0.3, -0.25) is 9.55 Å². The van der Waals surface area contributed by atoms with Crippen molar-refractivity contribution in [2.24, 2.45) is 0 Å².